The van der Waals surface area contributed by atoms with Crippen LogP contribution in [0, 0.1) is 5.92 Å². The molecule has 1 N–H and O–H groups in total. The maximum atomic E-state index is 13.3. The van der Waals surface area contributed by atoms with Gasteiger partial charge in [-0.05, 0) is 61.2 Å². The van der Waals surface area contributed by atoms with Crippen LogP contribution in [0.15, 0.2) is 48.5 Å². The van der Waals surface area contributed by atoms with E-state index in [2.05, 4.69) is 5.32 Å². The Balaban J connectivity index is 2.14. The highest BCUT2D eigenvalue weighted by Crippen LogP contribution is 2.22. The fourth-order valence-corrected chi connectivity index (χ4v) is 4.67. The molecular formula is C26H36ClN3O5S. The summed E-state index contributed by atoms with van der Waals surface area (Å²) in [4.78, 5) is 27.6. The van der Waals surface area contributed by atoms with E-state index in [1.54, 1.807) is 43.3 Å². The molecule has 2 aromatic carbocycles. The molecule has 0 saturated heterocycles. The van der Waals surface area contributed by atoms with E-state index in [-0.39, 0.29) is 43.7 Å². The molecule has 2 rings (SSSR count). The standard InChI is InChI=1S/C26H36ClN3O5S/c1-19(2)17-28-26(32)20(3)29(18-21-8-10-22(27)11-9-21)25(31)7-6-16-30(36(5,33)34)23-12-14-24(35-4)15-13-23/h8-15,19-20H,6-7,16-18H2,1-5H3,(H,28,32)/t20-/m0/s1. The van der Waals surface area contributed by atoms with Gasteiger partial charge in [0, 0.05) is 31.1 Å². The minimum Gasteiger partial charge on any atom is -0.497 e. The number of sulfonamides is 1. The maximum absolute atomic E-state index is 13.3. The van der Waals surface area contributed by atoms with Crippen LogP contribution in [-0.2, 0) is 26.2 Å². The number of methoxy groups -OCH3 is 1. The lowest BCUT2D eigenvalue weighted by atomic mass is 10.1. The molecular weight excluding hydrogens is 502 g/mol. The van der Waals surface area contributed by atoms with Crippen LogP contribution in [-0.4, -0.2) is 57.6 Å². The predicted octanol–water partition coefficient (Wildman–Crippen LogP) is 4.08. The average Bonchev–Trinajstić information content (AvgIpc) is 2.83. The van der Waals surface area contributed by atoms with Gasteiger partial charge in [0.1, 0.15) is 11.8 Å². The van der Waals surface area contributed by atoms with Crippen molar-refractivity contribution < 1.29 is 22.7 Å². The average molecular weight is 538 g/mol. The Kier molecular flexibility index (Phi) is 11.0. The molecule has 0 radical (unpaired) electrons. The summed E-state index contributed by atoms with van der Waals surface area (Å²) in [5.74, 6) is 0.425. The molecule has 10 heteroatoms. The second-order valence-corrected chi connectivity index (χ2v) is 11.4. The summed E-state index contributed by atoms with van der Waals surface area (Å²) in [5.41, 5.74) is 1.33. The van der Waals surface area contributed by atoms with Crippen molar-refractivity contribution in [2.75, 3.05) is 30.8 Å². The van der Waals surface area contributed by atoms with Gasteiger partial charge in [0.2, 0.25) is 21.8 Å². The number of rotatable bonds is 13. The zero-order valence-corrected chi connectivity index (χ0v) is 23.1. The number of nitrogens with one attached hydrogen (secondary N) is 1. The van der Waals surface area contributed by atoms with Crippen molar-refractivity contribution in [1.82, 2.24) is 10.2 Å². The summed E-state index contributed by atoms with van der Waals surface area (Å²) in [6, 6.07) is 13.1. The molecule has 0 aliphatic rings. The number of carbonyl (C=O) groups is 2. The molecule has 1 atom stereocenters. The van der Waals surface area contributed by atoms with Crippen molar-refractivity contribution in [3.63, 3.8) is 0 Å². The topological polar surface area (TPSA) is 96.0 Å². The summed E-state index contributed by atoms with van der Waals surface area (Å²) in [5, 5.41) is 3.47. The first-order valence-corrected chi connectivity index (χ1v) is 14.1. The lowest BCUT2D eigenvalue weighted by Gasteiger charge is -2.29. The third-order valence-electron chi connectivity index (χ3n) is 5.63. The fraction of sp³-hybridized carbons (Fsp3) is 0.462. The van der Waals surface area contributed by atoms with Gasteiger partial charge < -0.3 is 15.0 Å². The molecule has 0 aromatic heterocycles. The highest BCUT2D eigenvalue weighted by molar-refractivity contribution is 7.92. The number of ether oxygens (including phenoxy) is 1. The van der Waals surface area contributed by atoms with Crippen LogP contribution in [0.25, 0.3) is 0 Å². The summed E-state index contributed by atoms with van der Waals surface area (Å²) in [6.45, 7) is 6.57. The molecule has 0 fully saturated rings. The van der Waals surface area contributed by atoms with Crippen molar-refractivity contribution in [3.8, 4) is 5.75 Å². The lowest BCUT2D eigenvalue weighted by molar-refractivity contribution is -0.140. The molecule has 0 bridgehead atoms. The van der Waals surface area contributed by atoms with Crippen molar-refractivity contribution in [3.05, 3.63) is 59.1 Å². The Morgan fingerprint density at radius 3 is 2.17 bits per heavy atom. The molecule has 0 saturated carbocycles. The number of carbonyl (C=O) groups excluding carboxylic acids is 2. The second-order valence-electron chi connectivity index (χ2n) is 9.10. The van der Waals surface area contributed by atoms with Crippen molar-refractivity contribution in [2.24, 2.45) is 5.92 Å². The summed E-state index contributed by atoms with van der Waals surface area (Å²) < 4.78 is 31.3. The minimum atomic E-state index is -3.56. The molecule has 198 valence electrons. The minimum absolute atomic E-state index is 0.0809. The molecule has 0 aliphatic heterocycles. The van der Waals surface area contributed by atoms with Gasteiger partial charge >= 0.3 is 0 Å². The molecule has 2 aromatic rings. The number of nitrogens with zero attached hydrogens (tertiary/aromatic N) is 2. The van der Waals surface area contributed by atoms with Gasteiger partial charge in [-0.3, -0.25) is 13.9 Å². The van der Waals surface area contributed by atoms with E-state index in [1.165, 1.54) is 16.3 Å². The SMILES string of the molecule is COc1ccc(N(CCCC(=O)N(Cc2ccc(Cl)cc2)[C@@H](C)C(=O)NCC(C)C)S(C)(=O)=O)cc1. The van der Waals surface area contributed by atoms with Crippen LogP contribution >= 0.6 is 11.6 Å². The van der Waals surface area contributed by atoms with Crippen LogP contribution in [0.4, 0.5) is 5.69 Å². The predicted molar refractivity (Wildman–Crippen MR) is 144 cm³/mol. The summed E-state index contributed by atoms with van der Waals surface area (Å²) in [6.07, 6.45) is 1.50. The van der Waals surface area contributed by atoms with Crippen molar-refractivity contribution in [1.29, 1.82) is 0 Å². The van der Waals surface area contributed by atoms with E-state index in [9.17, 15) is 18.0 Å². The molecule has 36 heavy (non-hydrogen) atoms. The lowest BCUT2D eigenvalue weighted by Crippen LogP contribution is -2.48. The Hall–Kier alpha value is -2.78. The van der Waals surface area contributed by atoms with Gasteiger partial charge in [0.25, 0.3) is 0 Å². The Morgan fingerprint density at radius 2 is 1.64 bits per heavy atom. The van der Waals surface area contributed by atoms with Gasteiger partial charge in [-0.25, -0.2) is 8.42 Å². The van der Waals surface area contributed by atoms with Gasteiger partial charge in [-0.1, -0.05) is 37.6 Å². The smallest absolute Gasteiger partial charge is 0.242 e. The normalized spacial score (nSPS) is 12.2. The number of amides is 2. The third kappa shape index (κ3) is 9.02. The third-order valence-corrected chi connectivity index (χ3v) is 7.08. The van der Waals surface area contributed by atoms with Gasteiger partial charge in [-0.15, -0.1) is 0 Å². The Morgan fingerprint density at radius 1 is 1.03 bits per heavy atom. The number of benzene rings is 2. The first-order valence-electron chi connectivity index (χ1n) is 11.9. The Bertz CT molecular complexity index is 1110. The van der Waals surface area contributed by atoms with E-state index in [4.69, 9.17) is 16.3 Å². The highest BCUT2D eigenvalue weighted by Gasteiger charge is 2.26. The maximum Gasteiger partial charge on any atom is 0.242 e. The Labute approximate surface area is 219 Å². The van der Waals surface area contributed by atoms with Gasteiger partial charge in [-0.2, -0.15) is 0 Å². The van der Waals surface area contributed by atoms with E-state index in [0.717, 1.165) is 11.8 Å². The first kappa shape index (κ1) is 29.5. The molecule has 2 amide bonds. The molecule has 0 heterocycles. The van der Waals surface area contributed by atoms with E-state index >= 15 is 0 Å². The number of hydrogen-bond donors (Lipinski definition) is 1. The van der Waals surface area contributed by atoms with Crippen LogP contribution < -0.4 is 14.4 Å². The number of anilines is 1. The van der Waals surface area contributed by atoms with Crippen molar-refractivity contribution in [2.45, 2.75) is 46.2 Å². The first-order chi connectivity index (χ1) is 16.9. The number of hydrogen-bond acceptors (Lipinski definition) is 5. The second kappa shape index (κ2) is 13.5. The van der Waals surface area contributed by atoms with Gasteiger partial charge in [0.05, 0.1) is 19.1 Å². The van der Waals surface area contributed by atoms with E-state index < -0.39 is 16.1 Å². The van der Waals surface area contributed by atoms with E-state index in [0.29, 0.717) is 23.0 Å². The van der Waals surface area contributed by atoms with Crippen LogP contribution in [0.5, 0.6) is 5.75 Å². The van der Waals surface area contributed by atoms with E-state index in [1.807, 2.05) is 26.0 Å². The van der Waals surface area contributed by atoms with Crippen LogP contribution in [0.2, 0.25) is 5.02 Å². The zero-order valence-electron chi connectivity index (χ0n) is 21.5. The van der Waals surface area contributed by atoms with Crippen molar-refractivity contribution >= 4 is 39.1 Å². The fourth-order valence-electron chi connectivity index (χ4n) is 3.57. The summed E-state index contributed by atoms with van der Waals surface area (Å²) in [7, 11) is -2.03. The molecule has 0 aliphatic carbocycles. The van der Waals surface area contributed by atoms with Gasteiger partial charge in [0.15, 0.2) is 0 Å². The molecule has 0 unspecified atom stereocenters. The van der Waals surface area contributed by atoms with Crippen LogP contribution in [0.1, 0.15) is 39.2 Å². The quantitative estimate of drug-likeness (QED) is 0.415. The summed E-state index contributed by atoms with van der Waals surface area (Å²) >= 11 is 5.99. The monoisotopic (exact) mass is 537 g/mol. The molecule has 8 nitrogen and oxygen atoms in total. The largest absolute Gasteiger partial charge is 0.497 e. The van der Waals surface area contributed by atoms with Crippen LogP contribution in [0.3, 0.4) is 0 Å². The number of halogens is 1. The zero-order chi connectivity index (χ0) is 26.9. The highest BCUT2D eigenvalue weighted by atomic mass is 35.5. The molecule has 0 spiro atoms.